The number of amides is 2. The maximum Gasteiger partial charge on any atom is 0.262 e. The Morgan fingerprint density at radius 2 is 1.95 bits per heavy atom. The van der Waals surface area contributed by atoms with Crippen molar-refractivity contribution in [1.29, 1.82) is 0 Å². The number of fused-ring (bicyclic) bond motifs is 1. The van der Waals surface area contributed by atoms with E-state index in [2.05, 4.69) is 5.32 Å². The molecule has 6 heteroatoms. The van der Waals surface area contributed by atoms with E-state index in [4.69, 9.17) is 11.5 Å². The molecule has 19 heavy (non-hydrogen) atoms. The quantitative estimate of drug-likeness (QED) is 0.741. The summed E-state index contributed by atoms with van der Waals surface area (Å²) in [5, 5.41) is 3.52. The molecule has 100 valence electrons. The minimum atomic E-state index is -1.08. The van der Waals surface area contributed by atoms with Gasteiger partial charge in [-0.3, -0.25) is 9.59 Å². The summed E-state index contributed by atoms with van der Waals surface area (Å²) in [5.74, 6) is -0.894. The average Bonchev–Trinajstić information content (AvgIpc) is 2.71. The van der Waals surface area contributed by atoms with Crippen molar-refractivity contribution in [3.63, 3.8) is 0 Å². The van der Waals surface area contributed by atoms with E-state index in [9.17, 15) is 9.59 Å². The zero-order valence-corrected chi connectivity index (χ0v) is 11.5. The molecule has 0 bridgehead atoms. The lowest BCUT2D eigenvalue weighted by atomic mass is 10.1. The molecule has 0 spiro atoms. The smallest absolute Gasteiger partial charge is 0.262 e. The normalized spacial score (nSPS) is 11.5. The van der Waals surface area contributed by atoms with Crippen molar-refractivity contribution >= 4 is 38.9 Å². The van der Waals surface area contributed by atoms with Crippen molar-refractivity contribution in [2.24, 2.45) is 5.73 Å². The highest BCUT2D eigenvalue weighted by atomic mass is 32.1. The zero-order chi connectivity index (χ0) is 14.2. The van der Waals surface area contributed by atoms with Gasteiger partial charge in [-0.05, 0) is 43.5 Å². The van der Waals surface area contributed by atoms with E-state index in [1.165, 1.54) is 11.3 Å². The number of primary amides is 1. The lowest BCUT2D eigenvalue weighted by Gasteiger charge is -2.21. The van der Waals surface area contributed by atoms with Crippen molar-refractivity contribution in [2.45, 2.75) is 19.4 Å². The summed E-state index contributed by atoms with van der Waals surface area (Å²) in [6, 6.07) is 7.21. The number of nitrogen functional groups attached to an aromatic ring is 1. The van der Waals surface area contributed by atoms with Crippen LogP contribution in [0.5, 0.6) is 0 Å². The van der Waals surface area contributed by atoms with Crippen molar-refractivity contribution < 1.29 is 9.59 Å². The lowest BCUT2D eigenvalue weighted by Crippen LogP contribution is -2.52. The predicted octanol–water partition coefficient (Wildman–Crippen LogP) is 1.48. The first-order chi connectivity index (χ1) is 8.79. The SMILES string of the molecule is CC(C)(NC(=O)c1cc2cc(N)ccc2s1)C(N)=O. The van der Waals surface area contributed by atoms with Crippen molar-refractivity contribution in [3.05, 3.63) is 29.1 Å². The Bertz CT molecular complexity index is 661. The molecular formula is C13H15N3O2S. The van der Waals surface area contributed by atoms with Crippen LogP contribution in [0, 0.1) is 0 Å². The summed E-state index contributed by atoms with van der Waals surface area (Å²) in [6.45, 7) is 3.14. The van der Waals surface area contributed by atoms with Crippen LogP contribution in [0.3, 0.4) is 0 Å². The highest BCUT2D eigenvalue weighted by Gasteiger charge is 2.27. The van der Waals surface area contributed by atoms with Gasteiger partial charge in [-0.15, -0.1) is 11.3 Å². The first kappa shape index (κ1) is 13.4. The van der Waals surface area contributed by atoms with E-state index in [0.717, 1.165) is 10.1 Å². The number of rotatable bonds is 3. The van der Waals surface area contributed by atoms with Crippen molar-refractivity contribution in [1.82, 2.24) is 5.32 Å². The summed E-state index contributed by atoms with van der Waals surface area (Å²) in [7, 11) is 0. The number of benzene rings is 1. The fourth-order valence-corrected chi connectivity index (χ4v) is 2.52. The Kier molecular flexibility index (Phi) is 3.20. The van der Waals surface area contributed by atoms with Crippen LogP contribution >= 0.6 is 11.3 Å². The molecule has 0 atom stereocenters. The third-order valence-corrected chi connectivity index (χ3v) is 3.92. The van der Waals surface area contributed by atoms with Gasteiger partial charge < -0.3 is 16.8 Å². The maximum atomic E-state index is 12.1. The van der Waals surface area contributed by atoms with Crippen LogP contribution in [0.4, 0.5) is 5.69 Å². The zero-order valence-electron chi connectivity index (χ0n) is 10.7. The minimum Gasteiger partial charge on any atom is -0.399 e. The van der Waals surface area contributed by atoms with E-state index in [1.807, 2.05) is 12.1 Å². The van der Waals surface area contributed by atoms with Gasteiger partial charge in [0.05, 0.1) is 4.88 Å². The topological polar surface area (TPSA) is 98.2 Å². The van der Waals surface area contributed by atoms with Gasteiger partial charge in [0, 0.05) is 10.4 Å². The second kappa shape index (κ2) is 4.55. The molecule has 0 unspecified atom stereocenters. The Hall–Kier alpha value is -2.08. The molecule has 1 aromatic heterocycles. The van der Waals surface area contributed by atoms with Crippen LogP contribution in [0.15, 0.2) is 24.3 Å². The fourth-order valence-electron chi connectivity index (χ4n) is 1.58. The van der Waals surface area contributed by atoms with Crippen molar-refractivity contribution in [2.75, 3.05) is 5.73 Å². The number of carbonyl (C=O) groups is 2. The van der Waals surface area contributed by atoms with Gasteiger partial charge in [0.15, 0.2) is 0 Å². The molecule has 0 aliphatic heterocycles. The Labute approximate surface area is 114 Å². The molecule has 0 saturated carbocycles. The largest absolute Gasteiger partial charge is 0.399 e. The van der Waals surface area contributed by atoms with Crippen molar-refractivity contribution in [3.8, 4) is 0 Å². The molecule has 0 aliphatic carbocycles. The third-order valence-electron chi connectivity index (χ3n) is 2.81. The van der Waals surface area contributed by atoms with Gasteiger partial charge in [-0.2, -0.15) is 0 Å². The van der Waals surface area contributed by atoms with Crippen LogP contribution in [0.1, 0.15) is 23.5 Å². The average molecular weight is 277 g/mol. The molecule has 0 fully saturated rings. The molecule has 0 saturated heterocycles. The second-order valence-electron chi connectivity index (χ2n) is 4.85. The van der Waals surface area contributed by atoms with Crippen LogP contribution in [0.25, 0.3) is 10.1 Å². The minimum absolute atomic E-state index is 0.316. The Morgan fingerprint density at radius 1 is 1.26 bits per heavy atom. The lowest BCUT2D eigenvalue weighted by molar-refractivity contribution is -0.122. The highest BCUT2D eigenvalue weighted by Crippen LogP contribution is 2.27. The molecule has 2 rings (SSSR count). The van der Waals surface area contributed by atoms with E-state index in [0.29, 0.717) is 10.6 Å². The van der Waals surface area contributed by atoms with E-state index >= 15 is 0 Å². The molecular weight excluding hydrogens is 262 g/mol. The van der Waals surface area contributed by atoms with E-state index in [-0.39, 0.29) is 5.91 Å². The number of hydrogen-bond donors (Lipinski definition) is 3. The standard InChI is InChI=1S/C13H15N3O2S/c1-13(2,12(15)18)16-11(17)10-6-7-5-8(14)3-4-9(7)19-10/h3-6H,14H2,1-2H3,(H2,15,18)(H,16,17). The molecule has 1 heterocycles. The highest BCUT2D eigenvalue weighted by molar-refractivity contribution is 7.20. The number of thiophene rings is 1. The molecule has 2 aromatic rings. The molecule has 5 N–H and O–H groups in total. The third kappa shape index (κ3) is 2.68. The van der Waals surface area contributed by atoms with Crippen LogP contribution < -0.4 is 16.8 Å². The number of hydrogen-bond acceptors (Lipinski definition) is 4. The number of carbonyl (C=O) groups excluding carboxylic acids is 2. The van der Waals surface area contributed by atoms with Gasteiger partial charge in [0.2, 0.25) is 5.91 Å². The fraction of sp³-hybridized carbons (Fsp3) is 0.231. The summed E-state index contributed by atoms with van der Waals surface area (Å²) >= 11 is 1.35. The number of nitrogens with two attached hydrogens (primary N) is 2. The van der Waals surface area contributed by atoms with Gasteiger partial charge >= 0.3 is 0 Å². The number of nitrogens with one attached hydrogen (secondary N) is 1. The summed E-state index contributed by atoms with van der Waals surface area (Å²) in [6.07, 6.45) is 0. The molecule has 0 aliphatic rings. The molecule has 2 amide bonds. The predicted molar refractivity (Wildman–Crippen MR) is 77.0 cm³/mol. The summed E-state index contributed by atoms with van der Waals surface area (Å²) in [5.41, 5.74) is 10.5. The van der Waals surface area contributed by atoms with Gasteiger partial charge in [0.1, 0.15) is 5.54 Å². The molecule has 0 radical (unpaired) electrons. The number of anilines is 1. The van der Waals surface area contributed by atoms with Crippen LogP contribution in [-0.4, -0.2) is 17.4 Å². The maximum absolute atomic E-state index is 12.1. The summed E-state index contributed by atoms with van der Waals surface area (Å²) < 4.78 is 0.969. The van der Waals surface area contributed by atoms with Gasteiger partial charge in [0.25, 0.3) is 5.91 Å². The van der Waals surface area contributed by atoms with E-state index in [1.54, 1.807) is 26.0 Å². The summed E-state index contributed by atoms with van der Waals surface area (Å²) in [4.78, 5) is 23.8. The van der Waals surface area contributed by atoms with Crippen LogP contribution in [0.2, 0.25) is 0 Å². The van der Waals surface area contributed by atoms with E-state index < -0.39 is 11.4 Å². The first-order valence-electron chi connectivity index (χ1n) is 5.71. The molecule has 1 aromatic carbocycles. The van der Waals surface area contributed by atoms with Gasteiger partial charge in [-0.25, -0.2) is 0 Å². The second-order valence-corrected chi connectivity index (χ2v) is 5.94. The molecule has 5 nitrogen and oxygen atoms in total. The first-order valence-corrected chi connectivity index (χ1v) is 6.53. The van der Waals surface area contributed by atoms with Crippen LogP contribution in [-0.2, 0) is 4.79 Å². The van der Waals surface area contributed by atoms with Gasteiger partial charge in [-0.1, -0.05) is 0 Å². The Morgan fingerprint density at radius 3 is 2.58 bits per heavy atom. The Balaban J connectivity index is 2.29. The monoisotopic (exact) mass is 277 g/mol.